The van der Waals surface area contributed by atoms with Crippen LogP contribution in [0.1, 0.15) is 13.3 Å². The highest BCUT2D eigenvalue weighted by Gasteiger charge is 2.18. The van der Waals surface area contributed by atoms with Gasteiger partial charge in [-0.1, -0.05) is 0 Å². The Morgan fingerprint density at radius 2 is 2.08 bits per heavy atom. The van der Waals surface area contributed by atoms with Gasteiger partial charge in [0.05, 0.1) is 6.42 Å². The van der Waals surface area contributed by atoms with Gasteiger partial charge in [0.2, 0.25) is 5.91 Å². The fourth-order valence-electron chi connectivity index (χ4n) is 0.687. The smallest absolute Gasteiger partial charge is 0.304 e. The van der Waals surface area contributed by atoms with Crippen molar-refractivity contribution in [2.75, 3.05) is 12.8 Å². The molecule has 13 heavy (non-hydrogen) atoms. The minimum atomic E-state index is -1.41. The molecule has 0 rings (SSSR count). The third kappa shape index (κ3) is 4.62. The van der Waals surface area contributed by atoms with E-state index in [1.54, 1.807) is 0 Å². The van der Waals surface area contributed by atoms with Crippen LogP contribution in [-0.4, -0.2) is 39.2 Å². The Labute approximate surface area is 79.0 Å². The lowest BCUT2D eigenvalue weighted by molar-refractivity contribution is -0.136. The second kappa shape index (κ2) is 5.69. The normalized spacial score (nSPS) is 14.6. The van der Waals surface area contributed by atoms with E-state index in [2.05, 4.69) is 5.32 Å². The Kier molecular flexibility index (Phi) is 5.29. The van der Waals surface area contributed by atoms with E-state index in [1.807, 2.05) is 0 Å². The Hall–Kier alpha value is -0.910. The van der Waals surface area contributed by atoms with Gasteiger partial charge >= 0.3 is 5.97 Å². The molecular weight excluding hydrogens is 194 g/mol. The molecule has 0 heterocycles. The molecule has 0 aliphatic rings. The molecule has 2 unspecified atom stereocenters. The van der Waals surface area contributed by atoms with Crippen molar-refractivity contribution in [3.8, 4) is 0 Å². The van der Waals surface area contributed by atoms with E-state index in [1.165, 1.54) is 14.0 Å². The largest absolute Gasteiger partial charge is 0.481 e. The van der Waals surface area contributed by atoms with Crippen LogP contribution in [0.15, 0.2) is 0 Å². The number of carbonyl (C=O) groups is 2. The van der Waals surface area contributed by atoms with Crippen molar-refractivity contribution in [1.29, 1.82) is 0 Å². The molecular formula is C7H13NO4S. The molecule has 0 bridgehead atoms. The van der Waals surface area contributed by atoms with E-state index in [9.17, 15) is 13.8 Å². The van der Waals surface area contributed by atoms with Gasteiger partial charge in [0.15, 0.2) is 0 Å². The Bertz CT molecular complexity index is 229. The van der Waals surface area contributed by atoms with Gasteiger partial charge in [-0.3, -0.25) is 13.8 Å². The summed E-state index contributed by atoms with van der Waals surface area (Å²) in [4.78, 5) is 21.1. The number of carboxylic acid groups (broad SMARTS) is 1. The summed E-state index contributed by atoms with van der Waals surface area (Å²) in [5, 5.41) is 10.0. The lowest BCUT2D eigenvalue weighted by Crippen LogP contribution is -2.34. The van der Waals surface area contributed by atoms with Crippen LogP contribution < -0.4 is 5.32 Å². The molecule has 2 atom stereocenters. The number of nitrogens with one attached hydrogen (secondary N) is 1. The standard InChI is InChI=1S/C7H13NO4S/c1-5(7(11)8-2)13(12)4-3-6(9)10/h5H,3-4H2,1-2H3,(H,8,11)(H,9,10). The number of carboxylic acids is 1. The number of carbonyl (C=O) groups excluding carboxylic acids is 1. The molecule has 0 aromatic rings. The highest BCUT2D eigenvalue weighted by atomic mass is 32.2. The number of aliphatic carboxylic acids is 1. The average molecular weight is 207 g/mol. The maximum atomic E-state index is 11.2. The highest BCUT2D eigenvalue weighted by Crippen LogP contribution is 1.98. The van der Waals surface area contributed by atoms with Gasteiger partial charge in [-0.15, -0.1) is 0 Å². The van der Waals surface area contributed by atoms with Crippen LogP contribution in [0.5, 0.6) is 0 Å². The van der Waals surface area contributed by atoms with Crippen LogP contribution in [0.25, 0.3) is 0 Å². The Morgan fingerprint density at radius 1 is 1.54 bits per heavy atom. The van der Waals surface area contributed by atoms with Crippen molar-refractivity contribution >= 4 is 22.7 Å². The van der Waals surface area contributed by atoms with Crippen molar-refractivity contribution in [3.63, 3.8) is 0 Å². The zero-order valence-electron chi connectivity index (χ0n) is 7.57. The van der Waals surface area contributed by atoms with Crippen molar-refractivity contribution in [1.82, 2.24) is 5.32 Å². The summed E-state index contributed by atoms with van der Waals surface area (Å²) in [5.41, 5.74) is 0. The van der Waals surface area contributed by atoms with E-state index in [0.717, 1.165) is 0 Å². The number of amides is 1. The summed E-state index contributed by atoms with van der Waals surface area (Å²) in [7, 11) is 0.0434. The first-order chi connectivity index (χ1) is 5.99. The molecule has 2 N–H and O–H groups in total. The fraction of sp³-hybridized carbons (Fsp3) is 0.714. The molecule has 0 radical (unpaired) electrons. The predicted octanol–water partition coefficient (Wildman–Crippen LogP) is -0.656. The summed E-state index contributed by atoms with van der Waals surface area (Å²) in [5.74, 6) is -1.31. The molecule has 0 aromatic heterocycles. The van der Waals surface area contributed by atoms with Gasteiger partial charge in [-0.25, -0.2) is 0 Å². The molecule has 0 saturated carbocycles. The molecule has 0 fully saturated rings. The second-order valence-corrected chi connectivity index (χ2v) is 4.36. The van der Waals surface area contributed by atoms with Gasteiger partial charge in [0.1, 0.15) is 5.25 Å². The first-order valence-corrected chi connectivity index (χ1v) is 5.17. The quantitative estimate of drug-likeness (QED) is 0.627. The number of hydrogen-bond donors (Lipinski definition) is 2. The minimum absolute atomic E-state index is 0.0178. The molecule has 0 aliphatic heterocycles. The Morgan fingerprint density at radius 3 is 2.46 bits per heavy atom. The van der Waals surface area contributed by atoms with Crippen LogP contribution >= 0.6 is 0 Å². The van der Waals surface area contributed by atoms with E-state index in [-0.39, 0.29) is 18.1 Å². The summed E-state index contributed by atoms with van der Waals surface area (Å²) in [6.07, 6.45) is -0.173. The van der Waals surface area contributed by atoms with Crippen molar-refractivity contribution in [3.05, 3.63) is 0 Å². The average Bonchev–Trinajstić information content (AvgIpc) is 2.11. The van der Waals surface area contributed by atoms with E-state index in [0.29, 0.717) is 0 Å². The van der Waals surface area contributed by atoms with Crippen LogP contribution in [0.4, 0.5) is 0 Å². The SMILES string of the molecule is CNC(=O)C(C)S(=O)CCC(=O)O. The fourth-order valence-corrected chi connectivity index (χ4v) is 1.77. The lowest BCUT2D eigenvalue weighted by Gasteiger charge is -2.08. The van der Waals surface area contributed by atoms with E-state index < -0.39 is 22.0 Å². The van der Waals surface area contributed by atoms with Gasteiger partial charge in [-0.2, -0.15) is 0 Å². The molecule has 6 heteroatoms. The van der Waals surface area contributed by atoms with Crippen molar-refractivity contribution < 1.29 is 18.9 Å². The van der Waals surface area contributed by atoms with E-state index >= 15 is 0 Å². The molecule has 0 aromatic carbocycles. The third-order valence-electron chi connectivity index (χ3n) is 1.53. The predicted molar refractivity (Wildman–Crippen MR) is 48.8 cm³/mol. The molecule has 76 valence electrons. The van der Waals surface area contributed by atoms with Crippen LogP contribution in [0.2, 0.25) is 0 Å². The number of rotatable bonds is 5. The van der Waals surface area contributed by atoms with Gasteiger partial charge in [-0.05, 0) is 6.92 Å². The minimum Gasteiger partial charge on any atom is -0.481 e. The Balaban J connectivity index is 3.96. The lowest BCUT2D eigenvalue weighted by atomic mass is 10.4. The van der Waals surface area contributed by atoms with E-state index in [4.69, 9.17) is 5.11 Å². The molecule has 0 aliphatic carbocycles. The summed E-state index contributed by atoms with van der Waals surface area (Å²) in [6.45, 7) is 1.51. The van der Waals surface area contributed by atoms with Crippen LogP contribution in [0.3, 0.4) is 0 Å². The van der Waals surface area contributed by atoms with Crippen molar-refractivity contribution in [2.45, 2.75) is 18.6 Å². The summed E-state index contributed by atoms with van der Waals surface area (Å²) in [6, 6.07) is 0. The second-order valence-electron chi connectivity index (χ2n) is 2.49. The maximum Gasteiger partial charge on any atom is 0.304 e. The van der Waals surface area contributed by atoms with Crippen LogP contribution in [0, 0.1) is 0 Å². The maximum absolute atomic E-state index is 11.2. The highest BCUT2D eigenvalue weighted by molar-refractivity contribution is 7.86. The third-order valence-corrected chi connectivity index (χ3v) is 3.14. The molecule has 5 nitrogen and oxygen atoms in total. The first-order valence-electron chi connectivity index (χ1n) is 3.79. The molecule has 0 spiro atoms. The topological polar surface area (TPSA) is 83.5 Å². The van der Waals surface area contributed by atoms with Gasteiger partial charge in [0.25, 0.3) is 0 Å². The molecule has 0 saturated heterocycles. The van der Waals surface area contributed by atoms with Gasteiger partial charge < -0.3 is 10.4 Å². The monoisotopic (exact) mass is 207 g/mol. The van der Waals surface area contributed by atoms with Gasteiger partial charge in [0, 0.05) is 23.6 Å². The zero-order chi connectivity index (χ0) is 10.4. The van der Waals surface area contributed by atoms with Crippen molar-refractivity contribution in [2.24, 2.45) is 0 Å². The molecule has 1 amide bonds. The summed E-state index contributed by atoms with van der Waals surface area (Å²) >= 11 is 0. The zero-order valence-corrected chi connectivity index (χ0v) is 8.39. The first kappa shape index (κ1) is 12.1. The number of hydrogen-bond acceptors (Lipinski definition) is 3. The van der Waals surface area contributed by atoms with Crippen LogP contribution in [-0.2, 0) is 20.4 Å². The summed E-state index contributed by atoms with van der Waals surface area (Å²) < 4.78 is 11.2.